The fourth-order valence-corrected chi connectivity index (χ4v) is 6.15. The Bertz CT molecular complexity index is 1230. The monoisotopic (exact) mass is 511 g/mol. The van der Waals surface area contributed by atoms with Crippen LogP contribution in [0.4, 0.5) is 4.39 Å². The number of nitrogens with zero attached hydrogens (tertiary/aromatic N) is 3. The van der Waals surface area contributed by atoms with E-state index in [1.54, 1.807) is 47.7 Å². The first-order valence-corrected chi connectivity index (χ1v) is 13.1. The molecule has 182 valence electrons. The normalized spacial score (nSPS) is 20.5. The molecule has 3 heterocycles. The Hall–Kier alpha value is -2.74. The van der Waals surface area contributed by atoms with E-state index in [1.807, 2.05) is 22.8 Å². The maximum Gasteiger partial charge on any atom is 0.254 e. The van der Waals surface area contributed by atoms with Crippen molar-refractivity contribution in [2.24, 2.45) is 0 Å². The van der Waals surface area contributed by atoms with Gasteiger partial charge in [0.2, 0.25) is 5.91 Å². The molecule has 8 heteroatoms. The minimum absolute atomic E-state index is 0.0375. The first kappa shape index (κ1) is 24.0. The minimum Gasteiger partial charge on any atom is -0.338 e. The minimum atomic E-state index is -0.272. The molecular weight excluding hydrogens is 485 g/mol. The molecule has 3 aromatic rings. The average Bonchev–Trinajstić information content (AvgIpc) is 3.32. The first-order chi connectivity index (χ1) is 16.9. The summed E-state index contributed by atoms with van der Waals surface area (Å²) >= 11 is 7.67. The molecule has 1 fully saturated rings. The van der Waals surface area contributed by atoms with Crippen molar-refractivity contribution in [2.75, 3.05) is 32.7 Å². The van der Waals surface area contributed by atoms with Gasteiger partial charge in [-0.3, -0.25) is 14.5 Å². The van der Waals surface area contributed by atoms with Gasteiger partial charge in [-0.05, 0) is 72.3 Å². The van der Waals surface area contributed by atoms with E-state index in [0.29, 0.717) is 30.2 Å². The van der Waals surface area contributed by atoms with Crippen molar-refractivity contribution in [3.63, 3.8) is 0 Å². The summed E-state index contributed by atoms with van der Waals surface area (Å²) in [6.07, 6.45) is 0.881. The Balaban J connectivity index is 1.28. The van der Waals surface area contributed by atoms with Crippen LogP contribution in [-0.2, 0) is 11.2 Å². The van der Waals surface area contributed by atoms with Gasteiger partial charge < -0.3 is 9.80 Å². The van der Waals surface area contributed by atoms with Gasteiger partial charge in [-0.2, -0.15) is 0 Å². The van der Waals surface area contributed by atoms with Crippen molar-refractivity contribution in [2.45, 2.75) is 25.4 Å². The standard InChI is InChI=1S/C27H27ClFN3O2S/c1-18-16-30(12-13-32(18)27(34)19-5-7-21(28)8-6-19)25(33)17-31-11-9-24-23(10-14-35-24)26(31)20-3-2-4-22(29)15-20/h2-8,10,14-15,18,26H,9,11-13,16-17H2,1H3/t18-,26+/m0/s1. The van der Waals surface area contributed by atoms with Gasteiger partial charge in [-0.15, -0.1) is 11.3 Å². The van der Waals surface area contributed by atoms with Gasteiger partial charge in [-0.25, -0.2) is 4.39 Å². The predicted molar refractivity (Wildman–Crippen MR) is 136 cm³/mol. The van der Waals surface area contributed by atoms with Gasteiger partial charge in [-0.1, -0.05) is 23.7 Å². The number of hydrogen-bond donors (Lipinski definition) is 0. The third kappa shape index (κ3) is 4.99. The zero-order valence-corrected chi connectivity index (χ0v) is 21.1. The zero-order chi connectivity index (χ0) is 24.5. The van der Waals surface area contributed by atoms with Gasteiger partial charge in [0, 0.05) is 47.7 Å². The van der Waals surface area contributed by atoms with E-state index < -0.39 is 0 Å². The third-order valence-electron chi connectivity index (χ3n) is 6.90. The molecule has 0 saturated carbocycles. The molecule has 1 aromatic heterocycles. The van der Waals surface area contributed by atoms with E-state index >= 15 is 0 Å². The van der Waals surface area contributed by atoms with Gasteiger partial charge in [0.05, 0.1) is 12.6 Å². The molecule has 0 aliphatic carbocycles. The van der Waals surface area contributed by atoms with Crippen molar-refractivity contribution in [1.82, 2.24) is 14.7 Å². The van der Waals surface area contributed by atoms with Gasteiger partial charge in [0.1, 0.15) is 5.82 Å². The van der Waals surface area contributed by atoms with Crippen LogP contribution in [0.25, 0.3) is 0 Å². The summed E-state index contributed by atoms with van der Waals surface area (Å²) < 4.78 is 14.1. The molecule has 0 N–H and O–H groups in total. The Kier molecular flexibility index (Phi) is 6.91. The molecule has 0 radical (unpaired) electrons. The number of thiophene rings is 1. The number of amides is 2. The topological polar surface area (TPSA) is 43.9 Å². The zero-order valence-electron chi connectivity index (χ0n) is 19.5. The highest BCUT2D eigenvalue weighted by molar-refractivity contribution is 7.10. The molecule has 2 aliphatic heterocycles. The lowest BCUT2D eigenvalue weighted by Crippen LogP contribution is -2.57. The Labute approximate surface area is 213 Å². The van der Waals surface area contributed by atoms with Crippen LogP contribution >= 0.6 is 22.9 Å². The van der Waals surface area contributed by atoms with E-state index in [-0.39, 0.29) is 36.3 Å². The van der Waals surface area contributed by atoms with Crippen LogP contribution in [0.5, 0.6) is 0 Å². The molecule has 2 amide bonds. The van der Waals surface area contributed by atoms with E-state index in [9.17, 15) is 14.0 Å². The molecule has 2 aromatic carbocycles. The van der Waals surface area contributed by atoms with Gasteiger partial charge in [0.25, 0.3) is 5.91 Å². The first-order valence-electron chi connectivity index (χ1n) is 11.8. The number of fused-ring (bicyclic) bond motifs is 1. The molecule has 2 atom stereocenters. The SMILES string of the molecule is C[C@H]1CN(C(=O)CN2CCc3sccc3[C@H]2c2cccc(F)c2)CCN1C(=O)c1ccc(Cl)cc1. The van der Waals surface area contributed by atoms with Crippen molar-refractivity contribution in [3.05, 3.63) is 92.4 Å². The average molecular weight is 512 g/mol. The van der Waals surface area contributed by atoms with Crippen LogP contribution in [0.1, 0.15) is 39.3 Å². The smallest absolute Gasteiger partial charge is 0.254 e. The summed E-state index contributed by atoms with van der Waals surface area (Å²) in [7, 11) is 0. The molecule has 5 rings (SSSR count). The second kappa shape index (κ2) is 10.1. The molecule has 2 aliphatic rings. The number of rotatable bonds is 4. The van der Waals surface area contributed by atoms with Crippen molar-refractivity contribution in [3.8, 4) is 0 Å². The number of carbonyl (C=O) groups excluding carboxylic acids is 2. The molecule has 0 bridgehead atoms. The molecule has 35 heavy (non-hydrogen) atoms. The van der Waals surface area contributed by atoms with Crippen LogP contribution in [-0.4, -0.2) is 65.3 Å². The Morgan fingerprint density at radius 3 is 2.63 bits per heavy atom. The van der Waals surface area contributed by atoms with Crippen molar-refractivity contribution in [1.29, 1.82) is 0 Å². The molecular formula is C27H27ClFN3O2S. The summed E-state index contributed by atoms with van der Waals surface area (Å²) in [4.78, 5) is 33.5. The third-order valence-corrected chi connectivity index (χ3v) is 8.15. The van der Waals surface area contributed by atoms with Crippen molar-refractivity contribution < 1.29 is 14.0 Å². The maximum absolute atomic E-state index is 14.1. The summed E-state index contributed by atoms with van der Waals surface area (Å²) in [6.45, 7) is 4.43. The molecule has 0 unspecified atom stereocenters. The highest BCUT2D eigenvalue weighted by Gasteiger charge is 2.34. The van der Waals surface area contributed by atoms with E-state index in [1.165, 1.54) is 10.9 Å². The van der Waals surface area contributed by atoms with Crippen LogP contribution in [0.2, 0.25) is 5.02 Å². The quantitative estimate of drug-likeness (QED) is 0.502. The Morgan fingerprint density at radius 2 is 1.89 bits per heavy atom. The van der Waals surface area contributed by atoms with Crippen molar-refractivity contribution >= 4 is 34.8 Å². The van der Waals surface area contributed by atoms with Crippen LogP contribution in [0.15, 0.2) is 60.0 Å². The lowest BCUT2D eigenvalue weighted by atomic mass is 9.93. The second-order valence-electron chi connectivity index (χ2n) is 9.17. The fraction of sp³-hybridized carbons (Fsp3) is 0.333. The number of piperazine rings is 1. The maximum atomic E-state index is 14.1. The summed E-state index contributed by atoms with van der Waals surface area (Å²) in [6, 6.07) is 15.4. The number of benzene rings is 2. The van der Waals surface area contributed by atoms with E-state index in [0.717, 1.165) is 24.1 Å². The van der Waals surface area contributed by atoms with Crippen LogP contribution in [0, 0.1) is 5.82 Å². The highest BCUT2D eigenvalue weighted by Crippen LogP contribution is 2.37. The summed E-state index contributed by atoms with van der Waals surface area (Å²) in [5, 5.41) is 2.66. The van der Waals surface area contributed by atoms with Gasteiger partial charge >= 0.3 is 0 Å². The number of carbonyl (C=O) groups is 2. The number of hydrogen-bond acceptors (Lipinski definition) is 4. The molecule has 5 nitrogen and oxygen atoms in total. The molecule has 0 spiro atoms. The van der Waals surface area contributed by atoms with E-state index in [4.69, 9.17) is 11.6 Å². The summed E-state index contributed by atoms with van der Waals surface area (Å²) in [5.74, 6) is -0.282. The summed E-state index contributed by atoms with van der Waals surface area (Å²) in [5.41, 5.74) is 2.62. The molecule has 1 saturated heterocycles. The lowest BCUT2D eigenvalue weighted by molar-refractivity contribution is -0.135. The van der Waals surface area contributed by atoms with Crippen LogP contribution < -0.4 is 0 Å². The lowest BCUT2D eigenvalue weighted by Gasteiger charge is -2.42. The highest BCUT2D eigenvalue weighted by atomic mass is 35.5. The van der Waals surface area contributed by atoms with Gasteiger partial charge in [0.15, 0.2) is 0 Å². The Morgan fingerprint density at radius 1 is 1.09 bits per heavy atom. The largest absolute Gasteiger partial charge is 0.338 e. The second-order valence-corrected chi connectivity index (χ2v) is 10.6. The van der Waals surface area contributed by atoms with Crippen LogP contribution in [0.3, 0.4) is 0 Å². The predicted octanol–water partition coefficient (Wildman–Crippen LogP) is 4.86. The number of halogens is 2. The fourth-order valence-electron chi connectivity index (χ4n) is 5.12. The van der Waals surface area contributed by atoms with E-state index in [2.05, 4.69) is 16.3 Å².